The van der Waals surface area contributed by atoms with E-state index in [4.69, 9.17) is 21.0 Å². The Labute approximate surface area is 135 Å². The van der Waals surface area contributed by atoms with Gasteiger partial charge in [-0.25, -0.2) is 4.99 Å². The van der Waals surface area contributed by atoms with Crippen molar-refractivity contribution in [1.82, 2.24) is 0 Å². The van der Waals surface area contributed by atoms with E-state index in [9.17, 15) is 0 Å². The van der Waals surface area contributed by atoms with Crippen molar-refractivity contribution in [3.8, 4) is 11.3 Å². The third-order valence-corrected chi connectivity index (χ3v) is 3.50. The third-order valence-electron chi connectivity index (χ3n) is 3.25. The molecule has 0 fully saturated rings. The van der Waals surface area contributed by atoms with Crippen molar-refractivity contribution in [1.29, 1.82) is 0 Å². The lowest BCUT2D eigenvalue weighted by Gasteiger charge is -2.12. The smallest absolute Gasteiger partial charge is 0.223 e. The van der Waals surface area contributed by atoms with E-state index >= 15 is 0 Å². The van der Waals surface area contributed by atoms with Crippen LogP contribution in [0.4, 0.5) is 0 Å². The number of hydrogen-bond acceptors (Lipinski definition) is 2. The molecule has 0 saturated carbocycles. The van der Waals surface area contributed by atoms with Crippen molar-refractivity contribution in [3.05, 3.63) is 65.2 Å². The van der Waals surface area contributed by atoms with Crippen molar-refractivity contribution >= 4 is 22.4 Å². The average molecular weight is 312 g/mol. The van der Waals surface area contributed by atoms with Gasteiger partial charge in [0.05, 0.1) is 5.54 Å². The molecule has 0 saturated heterocycles. The minimum atomic E-state index is -0.203. The summed E-state index contributed by atoms with van der Waals surface area (Å²) in [4.78, 5) is 4.73. The fourth-order valence-electron chi connectivity index (χ4n) is 2.29. The minimum Gasteiger partial charge on any atom is -0.438 e. The first-order valence-electron chi connectivity index (χ1n) is 7.27. The van der Waals surface area contributed by atoms with Gasteiger partial charge in [-0.15, -0.1) is 0 Å². The summed E-state index contributed by atoms with van der Waals surface area (Å²) in [6.45, 7) is 6.19. The van der Waals surface area contributed by atoms with E-state index in [0.717, 1.165) is 22.1 Å². The number of hydrogen-bond donors (Lipinski definition) is 0. The van der Waals surface area contributed by atoms with Gasteiger partial charge in [-0.2, -0.15) is 0 Å². The second kappa shape index (κ2) is 5.62. The number of nitrogens with zero attached hydrogens (tertiary/aromatic N) is 1. The lowest BCUT2D eigenvalue weighted by Crippen LogP contribution is -2.17. The fourth-order valence-corrected chi connectivity index (χ4v) is 2.42. The van der Waals surface area contributed by atoms with Crippen molar-refractivity contribution in [2.75, 3.05) is 0 Å². The molecule has 0 N–H and O–H groups in total. The normalized spacial score (nSPS) is 12.8. The molecule has 0 bridgehead atoms. The molecule has 0 aliphatic carbocycles. The maximum absolute atomic E-state index is 6.08. The second-order valence-corrected chi connectivity index (χ2v) is 6.73. The largest absolute Gasteiger partial charge is 0.438 e. The van der Waals surface area contributed by atoms with Crippen LogP contribution < -0.4 is 5.55 Å². The maximum atomic E-state index is 6.08. The highest BCUT2D eigenvalue weighted by Crippen LogP contribution is 2.24. The topological polar surface area (TPSA) is 25.5 Å². The molecule has 0 unspecified atom stereocenters. The van der Waals surface area contributed by atoms with E-state index in [1.807, 2.05) is 48.5 Å². The van der Waals surface area contributed by atoms with Crippen LogP contribution in [-0.4, -0.2) is 5.54 Å². The van der Waals surface area contributed by atoms with E-state index in [0.29, 0.717) is 10.6 Å². The molecule has 0 atom stereocenters. The summed E-state index contributed by atoms with van der Waals surface area (Å²) < 4.78 is 6.08. The highest BCUT2D eigenvalue weighted by molar-refractivity contribution is 6.30. The molecule has 0 aliphatic rings. The summed E-state index contributed by atoms with van der Waals surface area (Å²) in [7, 11) is 0. The summed E-state index contributed by atoms with van der Waals surface area (Å²) in [6.07, 6.45) is 0. The Hall–Kier alpha value is -2.06. The zero-order valence-electron chi connectivity index (χ0n) is 12.9. The Bertz CT molecular complexity index is 870. The van der Waals surface area contributed by atoms with Crippen LogP contribution in [-0.2, 0) is 0 Å². The predicted molar refractivity (Wildman–Crippen MR) is 92.0 cm³/mol. The Morgan fingerprint density at radius 2 is 1.64 bits per heavy atom. The van der Waals surface area contributed by atoms with E-state index in [-0.39, 0.29) is 5.54 Å². The molecule has 2 aromatic carbocycles. The Morgan fingerprint density at radius 3 is 2.32 bits per heavy atom. The summed E-state index contributed by atoms with van der Waals surface area (Å²) in [5.41, 5.74) is 1.45. The van der Waals surface area contributed by atoms with Crippen molar-refractivity contribution in [2.45, 2.75) is 26.3 Å². The molecule has 0 aliphatic heterocycles. The van der Waals surface area contributed by atoms with E-state index < -0.39 is 0 Å². The quantitative estimate of drug-likeness (QED) is 0.586. The van der Waals surface area contributed by atoms with Crippen molar-refractivity contribution < 1.29 is 4.42 Å². The molecule has 0 amide bonds. The molecule has 1 heterocycles. The lowest BCUT2D eigenvalue weighted by molar-refractivity contribution is 0.466. The van der Waals surface area contributed by atoms with Gasteiger partial charge in [-0.05, 0) is 62.6 Å². The average Bonchev–Trinajstić information content (AvgIpc) is 2.46. The first-order valence-corrected chi connectivity index (χ1v) is 7.65. The first-order chi connectivity index (χ1) is 10.4. The first kappa shape index (κ1) is 14.9. The van der Waals surface area contributed by atoms with Gasteiger partial charge in [-0.1, -0.05) is 29.8 Å². The Balaban J connectivity index is 2.30. The number of benzene rings is 2. The van der Waals surface area contributed by atoms with Crippen LogP contribution in [0, 0.1) is 0 Å². The molecular formula is C19H18ClNO. The molecule has 3 heteroatoms. The maximum Gasteiger partial charge on any atom is 0.223 e. The fraction of sp³-hybridized carbons (Fsp3) is 0.211. The summed E-state index contributed by atoms with van der Waals surface area (Å²) >= 11 is 5.96. The minimum absolute atomic E-state index is 0.203. The second-order valence-electron chi connectivity index (χ2n) is 6.29. The van der Waals surface area contributed by atoms with Crippen molar-refractivity contribution in [2.24, 2.45) is 4.99 Å². The Morgan fingerprint density at radius 1 is 0.955 bits per heavy atom. The zero-order valence-corrected chi connectivity index (χ0v) is 13.7. The van der Waals surface area contributed by atoms with Crippen LogP contribution in [0.2, 0.25) is 5.02 Å². The highest BCUT2D eigenvalue weighted by Gasteiger charge is 2.10. The third kappa shape index (κ3) is 3.23. The van der Waals surface area contributed by atoms with Crippen LogP contribution in [0.15, 0.2) is 64.0 Å². The van der Waals surface area contributed by atoms with Gasteiger partial charge in [0.25, 0.3) is 0 Å². The molecule has 3 aromatic rings. The molecule has 112 valence electrons. The van der Waals surface area contributed by atoms with Gasteiger partial charge in [0.1, 0.15) is 5.76 Å². The van der Waals surface area contributed by atoms with E-state index in [1.165, 1.54) is 0 Å². The summed E-state index contributed by atoms with van der Waals surface area (Å²) in [6, 6.07) is 17.8. The number of rotatable bonds is 1. The van der Waals surface area contributed by atoms with Crippen LogP contribution in [0.1, 0.15) is 20.8 Å². The van der Waals surface area contributed by atoms with E-state index in [1.54, 1.807) is 0 Å². The van der Waals surface area contributed by atoms with Gasteiger partial charge in [0, 0.05) is 16.0 Å². The van der Waals surface area contributed by atoms with E-state index in [2.05, 4.69) is 26.8 Å². The molecular weight excluding hydrogens is 294 g/mol. The van der Waals surface area contributed by atoms with Crippen LogP contribution >= 0.6 is 11.6 Å². The Kier molecular flexibility index (Phi) is 3.79. The summed E-state index contributed by atoms with van der Waals surface area (Å²) in [5.74, 6) is 0.790. The monoisotopic (exact) mass is 311 g/mol. The zero-order chi connectivity index (χ0) is 15.7. The van der Waals surface area contributed by atoms with Gasteiger partial charge in [0.15, 0.2) is 0 Å². The van der Waals surface area contributed by atoms with Gasteiger partial charge in [-0.3, -0.25) is 0 Å². The van der Waals surface area contributed by atoms with Gasteiger partial charge >= 0.3 is 0 Å². The molecule has 0 spiro atoms. The molecule has 0 radical (unpaired) electrons. The molecule has 22 heavy (non-hydrogen) atoms. The molecule has 3 rings (SSSR count). The van der Waals surface area contributed by atoms with Gasteiger partial charge in [0.2, 0.25) is 5.55 Å². The van der Waals surface area contributed by atoms with Crippen molar-refractivity contribution in [3.63, 3.8) is 0 Å². The highest BCUT2D eigenvalue weighted by atomic mass is 35.5. The van der Waals surface area contributed by atoms with Gasteiger partial charge < -0.3 is 4.42 Å². The van der Waals surface area contributed by atoms with Crippen LogP contribution in [0.25, 0.3) is 22.1 Å². The number of fused-ring (bicyclic) bond motifs is 1. The predicted octanol–water partition coefficient (Wildman–Crippen LogP) is 5.45. The van der Waals surface area contributed by atoms with Crippen LogP contribution in [0.3, 0.4) is 0 Å². The molecule has 2 nitrogen and oxygen atoms in total. The standard InChI is InChI=1S/C19H18ClNO/c1-19(2,3)21-18-16-7-5-4-6-14(16)12-17(22-18)13-8-10-15(20)11-9-13/h4-12H,1-3H3. The number of halogens is 1. The van der Waals surface area contributed by atoms with Crippen LogP contribution in [0.5, 0.6) is 0 Å². The SMILES string of the molecule is CC(C)(C)N=c1oc(-c2ccc(Cl)cc2)cc2ccccc12. The molecule has 1 aromatic heterocycles. The summed E-state index contributed by atoms with van der Waals surface area (Å²) in [5, 5.41) is 2.85. The lowest BCUT2D eigenvalue weighted by atomic mass is 10.1.